The summed E-state index contributed by atoms with van der Waals surface area (Å²) in [6.07, 6.45) is -0.571. The molecule has 1 saturated carbocycles. The molecule has 1 aromatic carbocycles. The van der Waals surface area contributed by atoms with Crippen LogP contribution < -0.4 is 0 Å². The molecule has 1 aliphatic rings. The number of carboxylic acids is 1. The molecule has 0 bridgehead atoms. The SMILES string of the molecule is O=C(O)c1sc(-c2ccc(C(F)F)cc2)nc1C1CC1. The topological polar surface area (TPSA) is 50.2 Å². The molecule has 2 aromatic rings. The Kier molecular flexibility index (Phi) is 3.25. The number of hydrogen-bond acceptors (Lipinski definition) is 3. The quantitative estimate of drug-likeness (QED) is 0.913. The van der Waals surface area contributed by atoms with Crippen molar-refractivity contribution in [3.8, 4) is 10.6 Å². The molecule has 6 heteroatoms. The van der Waals surface area contributed by atoms with E-state index >= 15 is 0 Å². The minimum atomic E-state index is -2.50. The van der Waals surface area contributed by atoms with Crippen LogP contribution in [-0.2, 0) is 0 Å². The lowest BCUT2D eigenvalue weighted by Crippen LogP contribution is -1.97. The summed E-state index contributed by atoms with van der Waals surface area (Å²) in [5.74, 6) is -0.730. The fourth-order valence-corrected chi connectivity index (χ4v) is 3.01. The van der Waals surface area contributed by atoms with Crippen LogP contribution in [-0.4, -0.2) is 16.1 Å². The Labute approximate surface area is 117 Å². The second-order valence-corrected chi connectivity index (χ2v) is 5.73. The van der Waals surface area contributed by atoms with E-state index in [2.05, 4.69) is 4.98 Å². The molecule has 20 heavy (non-hydrogen) atoms. The van der Waals surface area contributed by atoms with E-state index in [0.717, 1.165) is 24.2 Å². The van der Waals surface area contributed by atoms with Crippen LogP contribution in [0, 0.1) is 0 Å². The number of aromatic carboxylic acids is 1. The summed E-state index contributed by atoms with van der Waals surface area (Å²) in [6, 6.07) is 5.81. The molecule has 0 amide bonds. The van der Waals surface area contributed by atoms with E-state index in [1.165, 1.54) is 12.1 Å². The molecule has 1 heterocycles. The number of carboxylic acid groups (broad SMARTS) is 1. The van der Waals surface area contributed by atoms with Gasteiger partial charge in [-0.15, -0.1) is 11.3 Å². The molecule has 3 rings (SSSR count). The van der Waals surface area contributed by atoms with Crippen LogP contribution in [0.3, 0.4) is 0 Å². The maximum absolute atomic E-state index is 12.5. The lowest BCUT2D eigenvalue weighted by molar-refractivity contribution is 0.0700. The molecule has 0 unspecified atom stereocenters. The van der Waals surface area contributed by atoms with Gasteiger partial charge in [0.25, 0.3) is 6.43 Å². The zero-order valence-corrected chi connectivity index (χ0v) is 11.2. The summed E-state index contributed by atoms with van der Waals surface area (Å²) >= 11 is 1.11. The Morgan fingerprint density at radius 1 is 1.30 bits per heavy atom. The number of halogens is 2. The largest absolute Gasteiger partial charge is 0.477 e. The number of thiazole rings is 1. The molecule has 104 valence electrons. The second-order valence-electron chi connectivity index (χ2n) is 4.74. The smallest absolute Gasteiger partial charge is 0.347 e. The van der Waals surface area contributed by atoms with Crippen LogP contribution in [0.15, 0.2) is 24.3 Å². The number of hydrogen-bond donors (Lipinski definition) is 1. The number of alkyl halides is 2. The van der Waals surface area contributed by atoms with Crippen LogP contribution in [0.2, 0.25) is 0 Å². The summed E-state index contributed by atoms with van der Waals surface area (Å²) in [5.41, 5.74) is 1.26. The highest BCUT2D eigenvalue weighted by atomic mass is 32.1. The van der Waals surface area contributed by atoms with Crippen molar-refractivity contribution in [3.05, 3.63) is 40.4 Å². The van der Waals surface area contributed by atoms with E-state index in [1.54, 1.807) is 12.1 Å². The van der Waals surface area contributed by atoms with Crippen molar-refractivity contribution in [2.75, 3.05) is 0 Å². The predicted molar refractivity (Wildman–Crippen MR) is 71.4 cm³/mol. The van der Waals surface area contributed by atoms with Crippen LogP contribution in [0.1, 0.15) is 46.1 Å². The third-order valence-corrected chi connectivity index (χ3v) is 4.33. The van der Waals surface area contributed by atoms with Gasteiger partial charge in [0, 0.05) is 17.0 Å². The Morgan fingerprint density at radius 3 is 2.45 bits per heavy atom. The highest BCUT2D eigenvalue weighted by Crippen LogP contribution is 2.44. The van der Waals surface area contributed by atoms with Crippen molar-refractivity contribution < 1.29 is 18.7 Å². The minimum absolute atomic E-state index is 0.0498. The van der Waals surface area contributed by atoms with Gasteiger partial charge in [0.2, 0.25) is 0 Å². The second kappa shape index (κ2) is 4.94. The standard InChI is InChI=1S/C14H11F2NO2S/c15-12(16)8-3-5-9(6-4-8)13-17-10(7-1-2-7)11(20-13)14(18)19/h3-7,12H,1-2H2,(H,18,19). The molecule has 1 aromatic heterocycles. The highest BCUT2D eigenvalue weighted by Gasteiger charge is 2.32. The van der Waals surface area contributed by atoms with Gasteiger partial charge in [-0.05, 0) is 12.8 Å². The van der Waals surface area contributed by atoms with E-state index in [0.29, 0.717) is 16.3 Å². The molecule has 0 radical (unpaired) electrons. The van der Waals surface area contributed by atoms with Gasteiger partial charge in [-0.1, -0.05) is 24.3 Å². The van der Waals surface area contributed by atoms with Crippen molar-refractivity contribution in [2.45, 2.75) is 25.2 Å². The average molecular weight is 295 g/mol. The van der Waals surface area contributed by atoms with Gasteiger partial charge in [-0.25, -0.2) is 18.6 Å². The Morgan fingerprint density at radius 2 is 1.95 bits per heavy atom. The lowest BCUT2D eigenvalue weighted by Gasteiger charge is -2.00. The van der Waals surface area contributed by atoms with Gasteiger partial charge in [0.05, 0.1) is 5.69 Å². The third-order valence-electron chi connectivity index (χ3n) is 3.22. The molecule has 0 atom stereocenters. The lowest BCUT2D eigenvalue weighted by atomic mass is 10.1. The Balaban J connectivity index is 1.97. The molecule has 1 aliphatic carbocycles. The molecule has 0 aliphatic heterocycles. The molecular formula is C14H11F2NO2S. The number of benzene rings is 1. The Bertz CT molecular complexity index is 648. The summed E-state index contributed by atoms with van der Waals surface area (Å²) in [4.78, 5) is 15.9. The Hall–Kier alpha value is -1.82. The summed E-state index contributed by atoms with van der Waals surface area (Å²) in [7, 11) is 0. The molecule has 0 spiro atoms. The fraction of sp³-hybridized carbons (Fsp3) is 0.286. The van der Waals surface area contributed by atoms with E-state index < -0.39 is 12.4 Å². The van der Waals surface area contributed by atoms with Crippen LogP contribution in [0.4, 0.5) is 8.78 Å². The summed E-state index contributed by atoms with van der Waals surface area (Å²) in [5, 5.41) is 9.76. The van der Waals surface area contributed by atoms with Crippen molar-refractivity contribution in [2.24, 2.45) is 0 Å². The van der Waals surface area contributed by atoms with E-state index in [4.69, 9.17) is 0 Å². The normalized spacial score (nSPS) is 14.8. The zero-order valence-electron chi connectivity index (χ0n) is 10.3. The van der Waals surface area contributed by atoms with E-state index in [9.17, 15) is 18.7 Å². The first-order chi connectivity index (χ1) is 9.56. The van der Waals surface area contributed by atoms with Gasteiger partial charge in [0.15, 0.2) is 0 Å². The summed E-state index contributed by atoms with van der Waals surface area (Å²) in [6.45, 7) is 0. The van der Waals surface area contributed by atoms with Crippen LogP contribution >= 0.6 is 11.3 Å². The minimum Gasteiger partial charge on any atom is -0.477 e. The monoisotopic (exact) mass is 295 g/mol. The van der Waals surface area contributed by atoms with Crippen molar-refractivity contribution >= 4 is 17.3 Å². The van der Waals surface area contributed by atoms with Gasteiger partial charge in [0.1, 0.15) is 9.88 Å². The predicted octanol–water partition coefficient (Wildman–Crippen LogP) is 4.32. The van der Waals surface area contributed by atoms with Gasteiger partial charge >= 0.3 is 5.97 Å². The van der Waals surface area contributed by atoms with E-state index in [-0.39, 0.29) is 16.4 Å². The fourth-order valence-electron chi connectivity index (χ4n) is 2.01. The molecular weight excluding hydrogens is 284 g/mol. The zero-order chi connectivity index (χ0) is 14.3. The first-order valence-corrected chi connectivity index (χ1v) is 7.00. The van der Waals surface area contributed by atoms with E-state index in [1.807, 2.05) is 0 Å². The number of aromatic nitrogens is 1. The average Bonchev–Trinajstić information content (AvgIpc) is 3.17. The molecule has 1 N–H and O–H groups in total. The molecule has 3 nitrogen and oxygen atoms in total. The van der Waals surface area contributed by atoms with Gasteiger partial charge < -0.3 is 5.11 Å². The van der Waals surface area contributed by atoms with Gasteiger partial charge in [-0.2, -0.15) is 0 Å². The molecule has 0 saturated heterocycles. The number of rotatable bonds is 4. The van der Waals surface area contributed by atoms with Crippen molar-refractivity contribution in [1.29, 1.82) is 0 Å². The highest BCUT2D eigenvalue weighted by molar-refractivity contribution is 7.17. The number of nitrogens with zero attached hydrogens (tertiary/aromatic N) is 1. The maximum atomic E-state index is 12.5. The first-order valence-electron chi connectivity index (χ1n) is 6.18. The van der Waals surface area contributed by atoms with Gasteiger partial charge in [-0.3, -0.25) is 0 Å². The van der Waals surface area contributed by atoms with Crippen LogP contribution in [0.5, 0.6) is 0 Å². The third kappa shape index (κ3) is 2.43. The maximum Gasteiger partial charge on any atom is 0.347 e. The number of carbonyl (C=O) groups is 1. The summed E-state index contributed by atoms with van der Waals surface area (Å²) < 4.78 is 25.0. The van der Waals surface area contributed by atoms with Crippen LogP contribution in [0.25, 0.3) is 10.6 Å². The first kappa shape index (κ1) is 13.2. The molecule has 1 fully saturated rings. The van der Waals surface area contributed by atoms with Crippen molar-refractivity contribution in [3.63, 3.8) is 0 Å². The van der Waals surface area contributed by atoms with Crippen molar-refractivity contribution in [1.82, 2.24) is 4.98 Å².